The number of carbonyl (C=O) groups is 1. The van der Waals surface area contributed by atoms with Crippen LogP contribution in [0.2, 0.25) is 0 Å². The predicted octanol–water partition coefficient (Wildman–Crippen LogP) is 1.91. The summed E-state index contributed by atoms with van der Waals surface area (Å²) < 4.78 is 1.95. The maximum Gasteiger partial charge on any atom is 0.227 e. The molecule has 130 valence electrons. The fourth-order valence-electron chi connectivity index (χ4n) is 3.31. The fourth-order valence-corrected chi connectivity index (χ4v) is 3.31. The molecule has 2 aromatic rings. The van der Waals surface area contributed by atoms with Gasteiger partial charge in [-0.15, -0.1) is 10.2 Å². The largest absolute Gasteiger partial charge is 0.351 e. The van der Waals surface area contributed by atoms with E-state index >= 15 is 0 Å². The van der Waals surface area contributed by atoms with Crippen LogP contribution in [0.25, 0.3) is 5.65 Å². The van der Waals surface area contributed by atoms with E-state index < -0.39 is 0 Å². The fraction of sp³-hybridized carbons (Fsp3) is 0.647. The monoisotopic (exact) mass is 330 g/mol. The van der Waals surface area contributed by atoms with Crippen molar-refractivity contribution in [2.24, 2.45) is 5.41 Å². The molecule has 0 N–H and O–H groups in total. The Kier molecular flexibility index (Phi) is 4.19. The van der Waals surface area contributed by atoms with Gasteiger partial charge < -0.3 is 9.80 Å². The number of anilines is 1. The van der Waals surface area contributed by atoms with Gasteiger partial charge in [-0.1, -0.05) is 20.8 Å². The number of hydrogen-bond donors (Lipinski definition) is 0. The normalized spacial score (nSPS) is 18.9. The Morgan fingerprint density at radius 2 is 2.08 bits per heavy atom. The van der Waals surface area contributed by atoms with Crippen LogP contribution in [0.1, 0.15) is 39.4 Å². The van der Waals surface area contributed by atoms with Crippen LogP contribution >= 0.6 is 0 Å². The highest BCUT2D eigenvalue weighted by Gasteiger charge is 2.32. The summed E-state index contributed by atoms with van der Waals surface area (Å²) in [7, 11) is 1.91. The predicted molar refractivity (Wildman–Crippen MR) is 93.0 cm³/mol. The number of fused-ring (bicyclic) bond motifs is 1. The molecule has 2 aromatic heterocycles. The van der Waals surface area contributed by atoms with Crippen LogP contribution in [0.3, 0.4) is 0 Å². The highest BCUT2D eigenvalue weighted by atomic mass is 16.2. The van der Waals surface area contributed by atoms with Gasteiger partial charge in [-0.25, -0.2) is 4.98 Å². The first-order valence-electron chi connectivity index (χ1n) is 8.47. The Morgan fingerprint density at radius 1 is 1.33 bits per heavy atom. The molecule has 1 atom stereocenters. The SMILES string of the molecule is Cc1nnc2c(N3CCCC(N(C)C(=O)C(C)(C)C)C3)nccn12. The first-order valence-corrected chi connectivity index (χ1v) is 8.47. The summed E-state index contributed by atoms with van der Waals surface area (Å²) in [6.45, 7) is 9.52. The van der Waals surface area contributed by atoms with E-state index in [9.17, 15) is 4.79 Å². The Labute approximate surface area is 142 Å². The van der Waals surface area contributed by atoms with Crippen molar-refractivity contribution < 1.29 is 4.79 Å². The Bertz CT molecular complexity index is 747. The second-order valence-corrected chi connectivity index (χ2v) is 7.60. The molecule has 1 amide bonds. The van der Waals surface area contributed by atoms with Crippen LogP contribution < -0.4 is 4.90 Å². The molecule has 0 bridgehead atoms. The number of hydrogen-bond acceptors (Lipinski definition) is 5. The summed E-state index contributed by atoms with van der Waals surface area (Å²) in [4.78, 5) is 21.2. The molecule has 7 nitrogen and oxygen atoms in total. The summed E-state index contributed by atoms with van der Waals surface area (Å²) in [5.74, 6) is 1.88. The van der Waals surface area contributed by atoms with Crippen molar-refractivity contribution in [1.82, 2.24) is 24.5 Å². The topological polar surface area (TPSA) is 66.6 Å². The summed E-state index contributed by atoms with van der Waals surface area (Å²) in [5, 5.41) is 8.41. The van der Waals surface area contributed by atoms with Gasteiger partial charge in [0.15, 0.2) is 5.82 Å². The smallest absolute Gasteiger partial charge is 0.227 e. The molecular formula is C17H26N6O. The number of carbonyl (C=O) groups excluding carboxylic acids is 1. The van der Waals surface area contributed by atoms with E-state index in [0.29, 0.717) is 0 Å². The van der Waals surface area contributed by atoms with E-state index in [1.165, 1.54) is 0 Å². The third kappa shape index (κ3) is 2.95. The van der Waals surface area contributed by atoms with Crippen LogP contribution in [0.15, 0.2) is 12.4 Å². The number of piperidine rings is 1. The molecule has 3 heterocycles. The Balaban J connectivity index is 1.84. The van der Waals surface area contributed by atoms with Gasteiger partial charge in [0.1, 0.15) is 5.82 Å². The first-order chi connectivity index (χ1) is 11.3. The molecule has 3 rings (SSSR count). The average molecular weight is 330 g/mol. The number of amides is 1. The van der Waals surface area contributed by atoms with Crippen LogP contribution in [0.4, 0.5) is 5.82 Å². The Morgan fingerprint density at radius 3 is 2.79 bits per heavy atom. The van der Waals surface area contributed by atoms with Crippen LogP contribution in [0, 0.1) is 12.3 Å². The number of aromatic nitrogens is 4. The maximum absolute atomic E-state index is 12.6. The zero-order valence-corrected chi connectivity index (χ0v) is 15.2. The quantitative estimate of drug-likeness (QED) is 0.841. The minimum absolute atomic E-state index is 0.179. The van der Waals surface area contributed by atoms with Gasteiger partial charge in [0.2, 0.25) is 11.6 Å². The molecule has 1 aliphatic heterocycles. The van der Waals surface area contributed by atoms with Crippen molar-refractivity contribution in [3.63, 3.8) is 0 Å². The third-order valence-corrected chi connectivity index (χ3v) is 4.68. The standard InChI is InChI=1S/C17H26N6O/c1-12-19-20-15-14(18-8-10-23(12)15)22-9-6-7-13(11-22)21(5)16(24)17(2,3)4/h8,10,13H,6-7,9,11H2,1-5H3. The van der Waals surface area contributed by atoms with E-state index in [1.807, 2.05) is 50.2 Å². The van der Waals surface area contributed by atoms with Crippen molar-refractivity contribution in [3.8, 4) is 0 Å². The van der Waals surface area contributed by atoms with E-state index in [4.69, 9.17) is 0 Å². The van der Waals surface area contributed by atoms with Crippen LogP contribution in [0.5, 0.6) is 0 Å². The summed E-state index contributed by atoms with van der Waals surface area (Å²) in [6.07, 6.45) is 5.71. The van der Waals surface area contributed by atoms with E-state index in [1.54, 1.807) is 6.20 Å². The number of likely N-dealkylation sites (N-methyl/N-ethyl adjacent to an activating group) is 1. The molecule has 0 radical (unpaired) electrons. The molecule has 1 unspecified atom stereocenters. The molecular weight excluding hydrogens is 304 g/mol. The van der Waals surface area contributed by atoms with Crippen molar-refractivity contribution in [3.05, 3.63) is 18.2 Å². The average Bonchev–Trinajstić information content (AvgIpc) is 2.94. The van der Waals surface area contributed by atoms with Crippen LogP contribution in [-0.4, -0.2) is 56.6 Å². The van der Waals surface area contributed by atoms with Crippen molar-refractivity contribution in [2.75, 3.05) is 25.0 Å². The molecule has 0 aliphatic carbocycles. The molecule has 1 fully saturated rings. The molecule has 24 heavy (non-hydrogen) atoms. The van der Waals surface area contributed by atoms with Gasteiger partial charge in [-0.2, -0.15) is 0 Å². The second-order valence-electron chi connectivity index (χ2n) is 7.60. The minimum atomic E-state index is -0.362. The van der Waals surface area contributed by atoms with Gasteiger partial charge in [-0.3, -0.25) is 9.20 Å². The minimum Gasteiger partial charge on any atom is -0.351 e. The number of aryl methyl sites for hydroxylation is 1. The van der Waals surface area contributed by atoms with Gasteiger partial charge in [0.05, 0.1) is 0 Å². The first kappa shape index (κ1) is 16.7. The zero-order chi connectivity index (χ0) is 17.5. The zero-order valence-electron chi connectivity index (χ0n) is 15.2. The summed E-state index contributed by atoms with van der Waals surface area (Å²) >= 11 is 0. The Hall–Kier alpha value is -2.18. The van der Waals surface area contributed by atoms with Gasteiger partial charge in [0, 0.05) is 44.0 Å². The lowest BCUT2D eigenvalue weighted by Gasteiger charge is -2.40. The van der Waals surface area contributed by atoms with Gasteiger partial charge in [-0.05, 0) is 19.8 Å². The lowest BCUT2D eigenvalue weighted by atomic mass is 9.93. The van der Waals surface area contributed by atoms with Crippen molar-refractivity contribution >= 4 is 17.4 Å². The van der Waals surface area contributed by atoms with Crippen LogP contribution in [-0.2, 0) is 4.79 Å². The number of nitrogens with zero attached hydrogens (tertiary/aromatic N) is 6. The highest BCUT2D eigenvalue weighted by Crippen LogP contribution is 2.26. The summed E-state index contributed by atoms with van der Waals surface area (Å²) in [5.41, 5.74) is 0.416. The molecule has 1 aliphatic rings. The lowest BCUT2D eigenvalue weighted by molar-refractivity contribution is -0.140. The molecule has 0 spiro atoms. The third-order valence-electron chi connectivity index (χ3n) is 4.68. The van der Waals surface area contributed by atoms with Gasteiger partial charge >= 0.3 is 0 Å². The summed E-state index contributed by atoms with van der Waals surface area (Å²) in [6, 6.07) is 0.191. The van der Waals surface area contributed by atoms with Crippen molar-refractivity contribution in [2.45, 2.75) is 46.6 Å². The highest BCUT2D eigenvalue weighted by molar-refractivity contribution is 5.81. The molecule has 0 saturated carbocycles. The van der Waals surface area contributed by atoms with E-state index in [2.05, 4.69) is 20.1 Å². The second kappa shape index (κ2) is 6.03. The van der Waals surface area contributed by atoms with E-state index in [0.717, 1.165) is 43.2 Å². The molecule has 1 saturated heterocycles. The maximum atomic E-state index is 12.6. The lowest BCUT2D eigenvalue weighted by Crippen LogP contribution is -2.51. The van der Waals surface area contributed by atoms with Gasteiger partial charge in [0.25, 0.3) is 0 Å². The van der Waals surface area contributed by atoms with Crippen molar-refractivity contribution in [1.29, 1.82) is 0 Å². The van der Waals surface area contributed by atoms with E-state index in [-0.39, 0.29) is 17.4 Å². The molecule has 7 heteroatoms. The molecule has 0 aromatic carbocycles. The number of rotatable bonds is 2.